The number of carbonyl (C=O) groups is 1. The molecule has 1 saturated heterocycles. The lowest BCUT2D eigenvalue weighted by molar-refractivity contribution is 0.200. The molecule has 1 unspecified atom stereocenters. The highest BCUT2D eigenvalue weighted by Gasteiger charge is 2.24. The van der Waals surface area contributed by atoms with Gasteiger partial charge in [-0.2, -0.15) is 0 Å². The van der Waals surface area contributed by atoms with Crippen molar-refractivity contribution in [1.29, 1.82) is 0 Å². The maximum absolute atomic E-state index is 12.0. The molecule has 1 fully saturated rings. The van der Waals surface area contributed by atoms with Crippen LogP contribution < -0.4 is 9.64 Å². The molecule has 2 aromatic carbocycles. The fourth-order valence-corrected chi connectivity index (χ4v) is 3.81. The van der Waals surface area contributed by atoms with Gasteiger partial charge in [0.2, 0.25) is 0 Å². The number of ether oxygens (including phenoxy) is 1. The summed E-state index contributed by atoms with van der Waals surface area (Å²) in [5, 5.41) is 9.86. The van der Waals surface area contributed by atoms with Crippen molar-refractivity contribution in [3.63, 3.8) is 0 Å². The minimum atomic E-state index is -0.913. The molecular weight excluding hydrogens is 340 g/mol. The van der Waals surface area contributed by atoms with Crippen LogP contribution in [0.15, 0.2) is 48.5 Å². The van der Waals surface area contributed by atoms with Crippen LogP contribution in [0.4, 0.5) is 10.5 Å². The Balaban J connectivity index is 1.87. The molecule has 1 aliphatic rings. The summed E-state index contributed by atoms with van der Waals surface area (Å²) in [6.45, 7) is 4.14. The average Bonchev–Trinajstić information content (AvgIpc) is 3.07. The first-order chi connectivity index (χ1) is 13.1. The smallest absolute Gasteiger partial charge is 0.411 e. The Morgan fingerprint density at radius 3 is 2.78 bits per heavy atom. The Labute approximate surface area is 161 Å². The van der Waals surface area contributed by atoms with E-state index in [0.29, 0.717) is 19.2 Å². The summed E-state index contributed by atoms with van der Waals surface area (Å²) in [4.78, 5) is 15.8. The van der Waals surface area contributed by atoms with Gasteiger partial charge in [0, 0.05) is 18.2 Å². The van der Waals surface area contributed by atoms with E-state index < -0.39 is 6.09 Å². The van der Waals surface area contributed by atoms with Gasteiger partial charge in [-0.25, -0.2) is 4.79 Å². The van der Waals surface area contributed by atoms with E-state index in [0.717, 1.165) is 42.0 Å². The van der Waals surface area contributed by atoms with Crippen molar-refractivity contribution in [2.45, 2.75) is 32.2 Å². The highest BCUT2D eigenvalue weighted by molar-refractivity contribution is 5.93. The summed E-state index contributed by atoms with van der Waals surface area (Å²) in [7, 11) is 2.12. The lowest BCUT2D eigenvalue weighted by Gasteiger charge is -2.26. The van der Waals surface area contributed by atoms with E-state index in [4.69, 9.17) is 4.74 Å². The van der Waals surface area contributed by atoms with Gasteiger partial charge in [0.1, 0.15) is 5.75 Å². The van der Waals surface area contributed by atoms with E-state index in [1.165, 1.54) is 11.3 Å². The summed E-state index contributed by atoms with van der Waals surface area (Å²) in [6, 6.07) is 16.0. The first kappa shape index (κ1) is 19.2. The van der Waals surface area contributed by atoms with Gasteiger partial charge in [-0.1, -0.05) is 30.3 Å². The van der Waals surface area contributed by atoms with E-state index >= 15 is 0 Å². The number of para-hydroxylation sites is 1. The van der Waals surface area contributed by atoms with Crippen molar-refractivity contribution in [3.8, 4) is 16.9 Å². The van der Waals surface area contributed by atoms with E-state index in [1.807, 2.05) is 55.5 Å². The molecule has 2 aromatic rings. The maximum Gasteiger partial charge on any atom is 0.411 e. The molecule has 1 N–H and O–H groups in total. The Morgan fingerprint density at radius 2 is 2.07 bits per heavy atom. The third kappa shape index (κ3) is 4.61. The van der Waals surface area contributed by atoms with Gasteiger partial charge in [0.25, 0.3) is 0 Å². The average molecular weight is 368 g/mol. The van der Waals surface area contributed by atoms with Crippen LogP contribution in [0.5, 0.6) is 5.75 Å². The van der Waals surface area contributed by atoms with Gasteiger partial charge in [-0.3, -0.25) is 4.90 Å². The van der Waals surface area contributed by atoms with Crippen molar-refractivity contribution >= 4 is 11.8 Å². The number of rotatable bonds is 7. The van der Waals surface area contributed by atoms with Gasteiger partial charge in [0.15, 0.2) is 0 Å². The van der Waals surface area contributed by atoms with E-state index in [1.54, 1.807) is 0 Å². The highest BCUT2D eigenvalue weighted by atomic mass is 16.5. The van der Waals surface area contributed by atoms with Crippen LogP contribution in [0.25, 0.3) is 11.1 Å². The molecule has 1 amide bonds. The lowest BCUT2D eigenvalue weighted by atomic mass is 10.0. The Hall–Kier alpha value is -2.53. The lowest BCUT2D eigenvalue weighted by Crippen LogP contribution is -2.35. The van der Waals surface area contributed by atoms with Crippen LogP contribution >= 0.6 is 0 Å². The Kier molecular flexibility index (Phi) is 6.35. The number of amides is 1. The molecule has 1 atom stereocenters. The number of hydrogen-bond acceptors (Lipinski definition) is 3. The monoisotopic (exact) mass is 368 g/mol. The molecule has 27 heavy (non-hydrogen) atoms. The summed E-state index contributed by atoms with van der Waals surface area (Å²) in [5.74, 6) is 0.791. The predicted molar refractivity (Wildman–Crippen MR) is 109 cm³/mol. The zero-order valence-corrected chi connectivity index (χ0v) is 16.1. The number of hydrogen-bond donors (Lipinski definition) is 1. The number of likely N-dealkylation sites (tertiary alicyclic amines) is 1. The molecule has 5 nitrogen and oxygen atoms in total. The van der Waals surface area contributed by atoms with E-state index in [9.17, 15) is 9.90 Å². The van der Waals surface area contributed by atoms with Crippen LogP contribution in [-0.2, 0) is 0 Å². The van der Waals surface area contributed by atoms with Crippen LogP contribution in [0.1, 0.15) is 26.2 Å². The molecule has 0 bridgehead atoms. The number of carboxylic acid groups (broad SMARTS) is 1. The second-order valence-electron chi connectivity index (χ2n) is 6.98. The second kappa shape index (κ2) is 8.91. The van der Waals surface area contributed by atoms with Gasteiger partial charge in [-0.05, 0) is 63.5 Å². The summed E-state index contributed by atoms with van der Waals surface area (Å²) in [5.41, 5.74) is 2.58. The molecule has 0 aromatic heterocycles. The normalized spacial score (nSPS) is 17.0. The first-order valence-electron chi connectivity index (χ1n) is 9.63. The number of nitrogens with zero attached hydrogens (tertiary/aromatic N) is 2. The van der Waals surface area contributed by atoms with Crippen LogP contribution in [0.3, 0.4) is 0 Å². The van der Waals surface area contributed by atoms with Crippen molar-refractivity contribution in [1.82, 2.24) is 4.90 Å². The highest BCUT2D eigenvalue weighted by Crippen LogP contribution is 2.33. The third-order valence-electron chi connectivity index (χ3n) is 5.24. The SMILES string of the molecule is CCOc1cccc(-c2ccccc2N(CCC2CCCN2C)C(=O)O)c1. The molecular formula is C22H28N2O3. The predicted octanol–water partition coefficient (Wildman–Crippen LogP) is 4.72. The number of anilines is 1. The van der Waals surface area contributed by atoms with Crippen LogP contribution in [0.2, 0.25) is 0 Å². The van der Waals surface area contributed by atoms with Crippen molar-refractivity contribution in [2.75, 3.05) is 31.6 Å². The second-order valence-corrected chi connectivity index (χ2v) is 6.98. The quantitative estimate of drug-likeness (QED) is 0.768. The zero-order chi connectivity index (χ0) is 19.2. The topological polar surface area (TPSA) is 53.0 Å². The largest absolute Gasteiger partial charge is 0.494 e. The summed E-state index contributed by atoms with van der Waals surface area (Å²) < 4.78 is 5.61. The van der Waals surface area contributed by atoms with Crippen LogP contribution in [-0.4, -0.2) is 48.9 Å². The molecule has 144 valence electrons. The molecule has 0 aliphatic carbocycles. The molecule has 3 rings (SSSR count). The molecule has 1 heterocycles. The van der Waals surface area contributed by atoms with E-state index in [2.05, 4.69) is 11.9 Å². The molecule has 0 saturated carbocycles. The fraction of sp³-hybridized carbons (Fsp3) is 0.409. The van der Waals surface area contributed by atoms with Gasteiger partial charge in [0.05, 0.1) is 12.3 Å². The van der Waals surface area contributed by atoms with E-state index in [-0.39, 0.29) is 0 Å². The molecule has 5 heteroatoms. The molecule has 0 radical (unpaired) electrons. The fourth-order valence-electron chi connectivity index (χ4n) is 3.81. The summed E-state index contributed by atoms with van der Waals surface area (Å²) >= 11 is 0. The van der Waals surface area contributed by atoms with Gasteiger partial charge >= 0.3 is 6.09 Å². The molecule has 1 aliphatic heterocycles. The minimum absolute atomic E-state index is 0.459. The Morgan fingerprint density at radius 1 is 1.26 bits per heavy atom. The van der Waals surface area contributed by atoms with Gasteiger partial charge in [-0.15, -0.1) is 0 Å². The van der Waals surface area contributed by atoms with Crippen molar-refractivity contribution < 1.29 is 14.6 Å². The minimum Gasteiger partial charge on any atom is -0.494 e. The van der Waals surface area contributed by atoms with Crippen molar-refractivity contribution in [3.05, 3.63) is 48.5 Å². The van der Waals surface area contributed by atoms with Crippen LogP contribution in [0, 0.1) is 0 Å². The summed E-state index contributed by atoms with van der Waals surface area (Å²) in [6.07, 6.45) is 2.26. The Bertz CT molecular complexity index is 778. The molecule has 0 spiro atoms. The maximum atomic E-state index is 12.0. The van der Waals surface area contributed by atoms with Gasteiger partial charge < -0.3 is 14.7 Å². The standard InChI is InChI=1S/C22H28N2O3/c1-3-27-19-10-6-8-17(16-19)20-11-4-5-12-21(20)24(22(25)26)15-13-18-9-7-14-23(18)2/h4-6,8,10-12,16,18H,3,7,9,13-15H2,1-2H3,(H,25,26). The number of benzene rings is 2. The van der Waals surface area contributed by atoms with Crippen molar-refractivity contribution in [2.24, 2.45) is 0 Å². The first-order valence-corrected chi connectivity index (χ1v) is 9.63. The third-order valence-corrected chi connectivity index (χ3v) is 5.24. The zero-order valence-electron chi connectivity index (χ0n) is 16.1.